The van der Waals surface area contributed by atoms with Gasteiger partial charge in [0.1, 0.15) is 18.1 Å². The van der Waals surface area contributed by atoms with Gasteiger partial charge in [-0.25, -0.2) is 0 Å². The highest BCUT2D eigenvalue weighted by atomic mass is 32.1. The minimum absolute atomic E-state index is 0.0880. The molecule has 0 aliphatic rings. The molecular formula is C22H18N2O4S. The number of carbonyl (C=O) groups excluding carboxylic acids is 2. The Labute approximate surface area is 171 Å². The van der Waals surface area contributed by atoms with Gasteiger partial charge in [0.25, 0.3) is 5.91 Å². The highest BCUT2D eigenvalue weighted by Gasteiger charge is 2.17. The fourth-order valence-corrected chi connectivity index (χ4v) is 3.98. The summed E-state index contributed by atoms with van der Waals surface area (Å²) in [7, 11) is 0. The predicted molar refractivity (Wildman–Crippen MR) is 111 cm³/mol. The minimum atomic E-state index is -0.539. The van der Waals surface area contributed by atoms with E-state index in [-0.39, 0.29) is 18.3 Å². The Kier molecular flexibility index (Phi) is 5.31. The summed E-state index contributed by atoms with van der Waals surface area (Å²) < 4.78 is 12.1. The van der Waals surface area contributed by atoms with E-state index in [1.54, 1.807) is 6.07 Å². The molecule has 2 N–H and O–H groups in total. The average Bonchev–Trinajstić information content (AvgIpc) is 3.36. The normalized spacial score (nSPS) is 10.7. The molecule has 4 rings (SSSR count). The van der Waals surface area contributed by atoms with Crippen LogP contribution in [0.3, 0.4) is 0 Å². The monoisotopic (exact) mass is 406 g/mol. The molecule has 0 radical (unpaired) electrons. The smallest absolute Gasteiger partial charge is 0.305 e. The van der Waals surface area contributed by atoms with Crippen LogP contribution in [0.5, 0.6) is 5.75 Å². The van der Waals surface area contributed by atoms with Crippen molar-refractivity contribution in [2.45, 2.75) is 13.5 Å². The summed E-state index contributed by atoms with van der Waals surface area (Å²) >= 11 is 1.38. The number of fused-ring (bicyclic) bond motifs is 1. The number of furan rings is 1. The van der Waals surface area contributed by atoms with Gasteiger partial charge in [-0.15, -0.1) is 11.3 Å². The van der Waals surface area contributed by atoms with Gasteiger partial charge in [0.15, 0.2) is 5.76 Å². The maximum atomic E-state index is 12.5. The molecule has 0 unspecified atom stereocenters. The average molecular weight is 406 g/mol. The fourth-order valence-electron chi connectivity index (χ4n) is 2.87. The van der Waals surface area contributed by atoms with Gasteiger partial charge >= 0.3 is 5.91 Å². The third-order valence-corrected chi connectivity index (χ3v) is 5.62. The van der Waals surface area contributed by atoms with Gasteiger partial charge in [-0.2, -0.15) is 0 Å². The number of nitrogens with one attached hydrogen (secondary N) is 2. The van der Waals surface area contributed by atoms with Crippen LogP contribution >= 0.6 is 11.3 Å². The third kappa shape index (κ3) is 4.14. The number of para-hydroxylation sites is 1. The van der Waals surface area contributed by atoms with Crippen molar-refractivity contribution in [3.63, 3.8) is 0 Å². The zero-order valence-corrected chi connectivity index (χ0v) is 16.4. The molecule has 2 heterocycles. The lowest BCUT2D eigenvalue weighted by molar-refractivity contribution is 0.0830. The van der Waals surface area contributed by atoms with Crippen LogP contribution in [0.25, 0.3) is 10.1 Å². The van der Waals surface area contributed by atoms with Gasteiger partial charge in [0.05, 0.1) is 4.88 Å². The lowest BCUT2D eigenvalue weighted by Gasteiger charge is -2.05. The minimum Gasteiger partial charge on any atom is -0.486 e. The lowest BCUT2D eigenvalue weighted by atomic mass is 10.1. The first-order chi connectivity index (χ1) is 14.1. The van der Waals surface area contributed by atoms with Crippen molar-refractivity contribution >= 4 is 33.2 Å². The second-order valence-electron chi connectivity index (χ2n) is 6.33. The second kappa shape index (κ2) is 8.20. The van der Waals surface area contributed by atoms with E-state index in [0.29, 0.717) is 16.4 Å². The number of aryl methyl sites for hydroxylation is 1. The van der Waals surface area contributed by atoms with E-state index >= 15 is 0 Å². The molecule has 0 bridgehead atoms. The second-order valence-corrected chi connectivity index (χ2v) is 7.38. The SMILES string of the molecule is Cc1c(C(=O)NNC(=O)c2ccc(COc3ccccc3)o2)sc2ccccc12. The Morgan fingerprint density at radius 2 is 1.66 bits per heavy atom. The number of carbonyl (C=O) groups is 2. The number of ether oxygens (including phenoxy) is 1. The fraction of sp³-hybridized carbons (Fsp3) is 0.0909. The molecule has 2 aromatic carbocycles. The lowest BCUT2D eigenvalue weighted by Crippen LogP contribution is -2.41. The number of amides is 2. The maximum absolute atomic E-state index is 12.5. The van der Waals surface area contributed by atoms with Gasteiger partial charge in [-0.1, -0.05) is 36.4 Å². The van der Waals surface area contributed by atoms with Crippen molar-refractivity contribution in [3.8, 4) is 5.75 Å². The zero-order chi connectivity index (χ0) is 20.2. The quantitative estimate of drug-likeness (QED) is 0.480. The van der Waals surface area contributed by atoms with Gasteiger partial charge < -0.3 is 9.15 Å². The number of hydrogen-bond donors (Lipinski definition) is 2. The van der Waals surface area contributed by atoms with E-state index in [9.17, 15) is 9.59 Å². The molecule has 6 nitrogen and oxygen atoms in total. The van der Waals surface area contributed by atoms with Gasteiger partial charge in [0.2, 0.25) is 0 Å². The number of rotatable bonds is 5. The Morgan fingerprint density at radius 3 is 2.45 bits per heavy atom. The number of thiophene rings is 1. The largest absolute Gasteiger partial charge is 0.486 e. The van der Waals surface area contributed by atoms with Gasteiger partial charge in [0, 0.05) is 4.70 Å². The van der Waals surface area contributed by atoms with E-state index in [0.717, 1.165) is 15.6 Å². The maximum Gasteiger partial charge on any atom is 0.305 e. The molecule has 0 saturated carbocycles. The summed E-state index contributed by atoms with van der Waals surface area (Å²) in [4.78, 5) is 25.3. The standard InChI is InChI=1S/C22H18N2O4S/c1-14-17-9-5-6-10-19(17)29-20(14)22(26)24-23-21(25)18-12-11-16(28-18)13-27-15-7-3-2-4-8-15/h2-12H,13H2,1H3,(H,23,25)(H,24,26). The van der Waals surface area contributed by atoms with Crippen LogP contribution < -0.4 is 15.6 Å². The molecule has 2 aromatic heterocycles. The number of hydrogen-bond acceptors (Lipinski definition) is 5. The highest BCUT2D eigenvalue weighted by Crippen LogP contribution is 2.30. The summed E-state index contributed by atoms with van der Waals surface area (Å²) in [6, 6.07) is 20.3. The summed E-state index contributed by atoms with van der Waals surface area (Å²) in [6.07, 6.45) is 0. The zero-order valence-electron chi connectivity index (χ0n) is 15.6. The molecule has 0 spiro atoms. The van der Waals surface area contributed by atoms with E-state index < -0.39 is 5.91 Å². The Bertz CT molecular complexity index is 1160. The van der Waals surface area contributed by atoms with Crippen LogP contribution in [0.2, 0.25) is 0 Å². The number of benzene rings is 2. The van der Waals surface area contributed by atoms with Crippen molar-refractivity contribution in [1.82, 2.24) is 10.9 Å². The number of hydrazine groups is 1. The first-order valence-electron chi connectivity index (χ1n) is 8.97. The molecule has 0 atom stereocenters. The molecule has 4 aromatic rings. The van der Waals surface area contributed by atoms with E-state index in [4.69, 9.17) is 9.15 Å². The van der Waals surface area contributed by atoms with Crippen LogP contribution in [-0.4, -0.2) is 11.8 Å². The van der Waals surface area contributed by atoms with Gasteiger partial charge in [-0.3, -0.25) is 20.4 Å². The van der Waals surface area contributed by atoms with Crippen LogP contribution in [0.15, 0.2) is 71.1 Å². The van der Waals surface area contributed by atoms with E-state index in [2.05, 4.69) is 10.9 Å². The van der Waals surface area contributed by atoms with Crippen molar-refractivity contribution in [2.75, 3.05) is 0 Å². The Hall–Kier alpha value is -3.58. The van der Waals surface area contributed by atoms with Crippen molar-refractivity contribution < 1.29 is 18.7 Å². The summed E-state index contributed by atoms with van der Waals surface area (Å²) in [6.45, 7) is 2.09. The molecule has 146 valence electrons. The molecule has 2 amide bonds. The molecule has 29 heavy (non-hydrogen) atoms. The van der Waals surface area contributed by atoms with Crippen LogP contribution in [0, 0.1) is 6.92 Å². The molecule has 0 aliphatic heterocycles. The first-order valence-corrected chi connectivity index (χ1v) is 9.79. The van der Waals surface area contributed by atoms with E-state index in [1.807, 2.05) is 61.5 Å². The van der Waals surface area contributed by atoms with Gasteiger partial charge in [-0.05, 0) is 48.2 Å². The molecule has 0 aliphatic carbocycles. The third-order valence-electron chi connectivity index (χ3n) is 4.35. The molecular weight excluding hydrogens is 388 g/mol. The summed E-state index contributed by atoms with van der Waals surface area (Å²) in [5.74, 6) is 0.399. The van der Waals surface area contributed by atoms with Crippen LogP contribution in [-0.2, 0) is 6.61 Å². The van der Waals surface area contributed by atoms with Crippen LogP contribution in [0.1, 0.15) is 31.6 Å². The van der Waals surface area contributed by atoms with E-state index in [1.165, 1.54) is 17.4 Å². The molecule has 7 heteroatoms. The summed E-state index contributed by atoms with van der Waals surface area (Å²) in [5, 5.41) is 1.03. The van der Waals surface area contributed by atoms with Crippen molar-refractivity contribution in [3.05, 3.63) is 88.7 Å². The topological polar surface area (TPSA) is 80.6 Å². The summed E-state index contributed by atoms with van der Waals surface area (Å²) in [5.41, 5.74) is 5.72. The van der Waals surface area contributed by atoms with Crippen molar-refractivity contribution in [1.29, 1.82) is 0 Å². The highest BCUT2D eigenvalue weighted by molar-refractivity contribution is 7.21. The van der Waals surface area contributed by atoms with Crippen molar-refractivity contribution in [2.24, 2.45) is 0 Å². The first kappa shape index (κ1) is 18.8. The van der Waals surface area contributed by atoms with Crippen LogP contribution in [0.4, 0.5) is 0 Å². The Morgan fingerprint density at radius 1 is 0.931 bits per heavy atom. The predicted octanol–water partition coefficient (Wildman–Crippen LogP) is 4.46. The Balaban J connectivity index is 1.35. The molecule has 0 saturated heterocycles. The molecule has 0 fully saturated rings.